The van der Waals surface area contributed by atoms with E-state index in [1.54, 1.807) is 43.3 Å². The molecule has 0 aromatic heterocycles. The van der Waals surface area contributed by atoms with Crippen LogP contribution in [0.2, 0.25) is 0 Å². The molecular formula is C29H38N2O5. The van der Waals surface area contributed by atoms with Crippen molar-refractivity contribution in [3.05, 3.63) is 58.7 Å². The van der Waals surface area contributed by atoms with E-state index in [0.29, 0.717) is 34.4 Å². The quantitative estimate of drug-likeness (QED) is 0.326. The second kappa shape index (κ2) is 13.2. The number of primary amides is 1. The number of nitrogens with two attached hydrogens (primary N) is 1. The number of hydrogen-bond acceptors (Lipinski definition) is 4. The number of aliphatic carboxylic acids is 1. The first-order valence-corrected chi connectivity index (χ1v) is 12.9. The Bertz CT molecular complexity index is 1080. The third-order valence-corrected chi connectivity index (χ3v) is 7.35. The number of benzene rings is 2. The van der Waals surface area contributed by atoms with Gasteiger partial charge in [0, 0.05) is 12.1 Å². The Morgan fingerprint density at radius 2 is 1.78 bits per heavy atom. The number of amides is 2. The fraction of sp³-hybridized carbons (Fsp3) is 0.483. The zero-order chi connectivity index (χ0) is 26.1. The van der Waals surface area contributed by atoms with Crippen LogP contribution in [0, 0.1) is 12.8 Å². The number of carboxylic acids is 1. The molecule has 2 aromatic carbocycles. The molecule has 1 atom stereocenters. The third kappa shape index (κ3) is 6.94. The highest BCUT2D eigenvalue weighted by molar-refractivity contribution is 6.01. The van der Waals surface area contributed by atoms with E-state index in [-0.39, 0.29) is 17.9 Å². The summed E-state index contributed by atoms with van der Waals surface area (Å²) in [5.74, 6) is -1.96. The molecular weight excluding hydrogens is 456 g/mol. The van der Waals surface area contributed by atoms with Gasteiger partial charge in [-0.05, 0) is 53.1 Å². The molecule has 1 aliphatic rings. The highest BCUT2D eigenvalue weighted by Crippen LogP contribution is 2.36. The van der Waals surface area contributed by atoms with Crippen molar-refractivity contribution in [2.45, 2.75) is 70.6 Å². The van der Waals surface area contributed by atoms with Crippen LogP contribution in [-0.2, 0) is 16.0 Å². The lowest BCUT2D eigenvalue weighted by Crippen LogP contribution is -2.32. The average Bonchev–Trinajstić information content (AvgIpc) is 2.86. The number of carbonyl (C=O) groups is 3. The first kappa shape index (κ1) is 27.4. The van der Waals surface area contributed by atoms with Gasteiger partial charge in [0.05, 0.1) is 18.9 Å². The summed E-state index contributed by atoms with van der Waals surface area (Å²) in [4.78, 5) is 36.8. The number of aliphatic hydroxyl groups excluding tert-OH is 1. The van der Waals surface area contributed by atoms with E-state index >= 15 is 0 Å². The molecule has 7 heteroatoms. The van der Waals surface area contributed by atoms with Crippen LogP contribution in [0.4, 0.5) is 0 Å². The van der Waals surface area contributed by atoms with E-state index in [1.165, 1.54) is 38.5 Å². The lowest BCUT2D eigenvalue weighted by molar-refractivity contribution is -0.136. The van der Waals surface area contributed by atoms with Crippen LogP contribution in [0.15, 0.2) is 36.4 Å². The lowest BCUT2D eigenvalue weighted by Gasteiger charge is -2.23. The molecule has 0 bridgehead atoms. The van der Waals surface area contributed by atoms with Crippen LogP contribution in [-0.4, -0.2) is 41.1 Å². The number of rotatable bonds is 12. The predicted octanol–water partition coefficient (Wildman–Crippen LogP) is 4.33. The number of carboxylic acid groups (broad SMARTS) is 1. The van der Waals surface area contributed by atoms with Gasteiger partial charge in [0.25, 0.3) is 0 Å². The molecule has 7 nitrogen and oxygen atoms in total. The van der Waals surface area contributed by atoms with Crippen LogP contribution >= 0.6 is 0 Å². The van der Waals surface area contributed by atoms with E-state index < -0.39 is 24.4 Å². The minimum atomic E-state index is -0.982. The molecule has 1 saturated carbocycles. The van der Waals surface area contributed by atoms with Gasteiger partial charge in [-0.25, -0.2) is 0 Å². The van der Waals surface area contributed by atoms with Crippen molar-refractivity contribution < 1.29 is 24.6 Å². The Morgan fingerprint density at radius 3 is 2.44 bits per heavy atom. The number of carbonyl (C=O) groups excluding carboxylic acids is 2. The summed E-state index contributed by atoms with van der Waals surface area (Å²) in [6.07, 6.45) is 9.56. The molecule has 2 amide bonds. The number of hydrogen-bond donors (Lipinski definition) is 4. The fourth-order valence-corrected chi connectivity index (χ4v) is 5.39. The zero-order valence-corrected chi connectivity index (χ0v) is 21.1. The molecule has 0 aliphatic heterocycles. The molecule has 1 fully saturated rings. The highest BCUT2D eigenvalue weighted by Gasteiger charge is 2.27. The van der Waals surface area contributed by atoms with Crippen molar-refractivity contribution >= 4 is 17.8 Å². The minimum absolute atomic E-state index is 0.200. The molecule has 1 aliphatic carbocycles. The Morgan fingerprint density at radius 1 is 1.06 bits per heavy atom. The van der Waals surface area contributed by atoms with Gasteiger partial charge in [-0.15, -0.1) is 0 Å². The van der Waals surface area contributed by atoms with E-state index in [1.807, 2.05) is 0 Å². The van der Waals surface area contributed by atoms with Crippen molar-refractivity contribution in [3.63, 3.8) is 0 Å². The molecule has 0 spiro atoms. The maximum Gasteiger partial charge on any atom is 0.307 e. The lowest BCUT2D eigenvalue weighted by atomic mass is 9.83. The minimum Gasteiger partial charge on any atom is -0.481 e. The summed E-state index contributed by atoms with van der Waals surface area (Å²) < 4.78 is 0. The number of nitrogens with one attached hydrogen (secondary N) is 1. The van der Waals surface area contributed by atoms with Crippen molar-refractivity contribution in [1.29, 1.82) is 0 Å². The maximum atomic E-state index is 13.2. The summed E-state index contributed by atoms with van der Waals surface area (Å²) in [6, 6.07) is 10.1. The third-order valence-electron chi connectivity index (χ3n) is 7.35. The summed E-state index contributed by atoms with van der Waals surface area (Å²) in [5, 5.41) is 22.6. The van der Waals surface area contributed by atoms with Crippen LogP contribution in [0.3, 0.4) is 0 Å². The molecule has 2 aromatic rings. The topological polar surface area (TPSA) is 130 Å². The second-order valence-corrected chi connectivity index (χ2v) is 9.82. The van der Waals surface area contributed by atoms with Gasteiger partial charge in [0.2, 0.25) is 11.8 Å². The molecule has 5 N–H and O–H groups in total. The van der Waals surface area contributed by atoms with E-state index in [2.05, 4.69) is 5.32 Å². The van der Waals surface area contributed by atoms with E-state index in [4.69, 9.17) is 5.73 Å². The average molecular weight is 495 g/mol. The van der Waals surface area contributed by atoms with Crippen molar-refractivity contribution in [1.82, 2.24) is 5.32 Å². The largest absolute Gasteiger partial charge is 0.481 e. The summed E-state index contributed by atoms with van der Waals surface area (Å²) >= 11 is 0. The molecule has 1 unspecified atom stereocenters. The first-order valence-electron chi connectivity index (χ1n) is 12.9. The van der Waals surface area contributed by atoms with Crippen molar-refractivity contribution in [2.75, 3.05) is 13.2 Å². The van der Waals surface area contributed by atoms with Gasteiger partial charge in [-0.3, -0.25) is 14.4 Å². The predicted molar refractivity (Wildman–Crippen MR) is 140 cm³/mol. The smallest absolute Gasteiger partial charge is 0.307 e. The van der Waals surface area contributed by atoms with Crippen LogP contribution < -0.4 is 11.1 Å². The van der Waals surface area contributed by atoms with Gasteiger partial charge in [0.15, 0.2) is 0 Å². The van der Waals surface area contributed by atoms with Crippen molar-refractivity contribution in [2.24, 2.45) is 11.7 Å². The van der Waals surface area contributed by atoms with Gasteiger partial charge >= 0.3 is 5.97 Å². The Balaban J connectivity index is 1.83. The molecule has 3 rings (SSSR count). The van der Waals surface area contributed by atoms with Crippen molar-refractivity contribution in [3.8, 4) is 11.1 Å². The van der Waals surface area contributed by atoms with Crippen LogP contribution in [0.5, 0.6) is 0 Å². The van der Waals surface area contributed by atoms with Gasteiger partial charge in [0.1, 0.15) is 0 Å². The first-order chi connectivity index (χ1) is 17.3. The standard InChI is InChI=1S/C29H38N2O5/c1-19-21(17-26(33)34)14-15-23(27(19)22-12-5-6-13-24(22)28(30)35)25(18-32)29(36)31-16-8-7-11-20-9-3-2-4-10-20/h5-6,12-15,20,25,32H,2-4,7-11,16-18H2,1H3,(H2,30,35)(H,31,36)(H,33,34). The zero-order valence-electron chi connectivity index (χ0n) is 21.1. The second-order valence-electron chi connectivity index (χ2n) is 9.82. The van der Waals surface area contributed by atoms with Crippen LogP contribution in [0.25, 0.3) is 11.1 Å². The molecule has 0 radical (unpaired) electrons. The number of unbranched alkanes of at least 4 members (excludes halogenated alkanes) is 1. The molecule has 36 heavy (non-hydrogen) atoms. The summed E-state index contributed by atoms with van der Waals surface area (Å²) in [5.41, 5.74) is 8.73. The highest BCUT2D eigenvalue weighted by atomic mass is 16.4. The molecule has 194 valence electrons. The summed E-state index contributed by atoms with van der Waals surface area (Å²) in [7, 11) is 0. The Kier molecular flexibility index (Phi) is 10.1. The fourth-order valence-electron chi connectivity index (χ4n) is 5.39. The van der Waals surface area contributed by atoms with Crippen LogP contribution in [0.1, 0.15) is 84.3 Å². The maximum absolute atomic E-state index is 13.2. The monoisotopic (exact) mass is 494 g/mol. The van der Waals surface area contributed by atoms with Gasteiger partial charge in [-0.2, -0.15) is 0 Å². The van der Waals surface area contributed by atoms with E-state index in [0.717, 1.165) is 18.8 Å². The SMILES string of the molecule is Cc1c(CC(=O)O)ccc(C(CO)C(=O)NCCCCC2CCCCC2)c1-c1ccccc1C(N)=O. The van der Waals surface area contributed by atoms with E-state index in [9.17, 15) is 24.6 Å². The Labute approximate surface area is 213 Å². The Hall–Kier alpha value is -3.19. The van der Waals surface area contributed by atoms with Gasteiger partial charge in [-0.1, -0.05) is 75.3 Å². The van der Waals surface area contributed by atoms with Gasteiger partial charge < -0.3 is 21.3 Å². The molecule has 0 saturated heterocycles. The molecule has 0 heterocycles. The normalized spacial score (nSPS) is 14.8. The number of aliphatic hydroxyl groups is 1. The summed E-state index contributed by atoms with van der Waals surface area (Å²) in [6.45, 7) is 1.88.